The molecule has 2 amide bonds. The topological polar surface area (TPSA) is 73.4 Å². The van der Waals surface area contributed by atoms with Crippen LogP contribution < -0.4 is 16.0 Å². The number of carbonyl (C=O) groups excluding carboxylic acids is 1. The highest BCUT2D eigenvalue weighted by Crippen LogP contribution is 2.19. The van der Waals surface area contributed by atoms with E-state index >= 15 is 0 Å². The van der Waals surface area contributed by atoms with Gasteiger partial charge in [0.2, 0.25) is 0 Å². The monoisotopic (exact) mass is 273 g/mol. The third-order valence-corrected chi connectivity index (χ3v) is 2.97. The Morgan fingerprint density at radius 2 is 2.28 bits per heavy atom. The number of urea groups is 1. The fourth-order valence-electron chi connectivity index (χ4n) is 1.72. The Bertz CT molecular complexity index is 458. The van der Waals surface area contributed by atoms with E-state index in [-0.39, 0.29) is 11.1 Å². The number of carbonyl (C=O) groups is 1. The van der Waals surface area contributed by atoms with E-state index in [1.165, 1.54) is 18.2 Å². The smallest absolute Gasteiger partial charge is 0.319 e. The highest BCUT2D eigenvalue weighted by Gasteiger charge is 2.26. The summed E-state index contributed by atoms with van der Waals surface area (Å²) in [5, 5.41) is 17.5. The van der Waals surface area contributed by atoms with Gasteiger partial charge in [0, 0.05) is 18.8 Å². The van der Waals surface area contributed by atoms with Crippen LogP contribution >= 0.6 is 11.6 Å². The van der Waals surface area contributed by atoms with E-state index in [0.29, 0.717) is 18.8 Å². The van der Waals surface area contributed by atoms with Crippen molar-refractivity contribution < 1.29 is 14.3 Å². The van der Waals surface area contributed by atoms with E-state index in [1.54, 1.807) is 0 Å². The first-order chi connectivity index (χ1) is 8.56. The number of aliphatic hydroxyl groups excluding tert-OH is 1. The first-order valence-corrected chi connectivity index (χ1v) is 5.85. The average molecular weight is 274 g/mol. The molecule has 5 nitrogen and oxygen atoms in total. The summed E-state index contributed by atoms with van der Waals surface area (Å²) < 4.78 is 12.9. The van der Waals surface area contributed by atoms with Crippen LogP contribution in [0.5, 0.6) is 0 Å². The Labute approximate surface area is 108 Å². The number of β-amino-alcohol motifs (C(OH)–C–C–N with tert-alkyl or cyclic N) is 1. The SMILES string of the molecule is O=C(Nc1ccc(F)c(Cl)c1)N[C@@H]1CNC[C@H]1O. The van der Waals surface area contributed by atoms with Crippen LogP contribution in [0, 0.1) is 5.82 Å². The van der Waals surface area contributed by atoms with E-state index in [1.807, 2.05) is 0 Å². The van der Waals surface area contributed by atoms with Crippen LogP contribution in [-0.4, -0.2) is 36.4 Å². The van der Waals surface area contributed by atoms with Gasteiger partial charge in [-0.25, -0.2) is 9.18 Å². The number of rotatable bonds is 2. The van der Waals surface area contributed by atoms with Crippen molar-refractivity contribution in [2.24, 2.45) is 0 Å². The summed E-state index contributed by atoms with van der Waals surface area (Å²) in [6.07, 6.45) is -0.604. The first kappa shape index (κ1) is 13.1. The molecule has 98 valence electrons. The Kier molecular flexibility index (Phi) is 4.00. The molecular weight excluding hydrogens is 261 g/mol. The van der Waals surface area contributed by atoms with Gasteiger partial charge in [0.25, 0.3) is 0 Å². The predicted molar refractivity (Wildman–Crippen MR) is 66.2 cm³/mol. The van der Waals surface area contributed by atoms with Gasteiger partial charge in [0.05, 0.1) is 17.2 Å². The van der Waals surface area contributed by atoms with Crippen LogP contribution in [0.15, 0.2) is 18.2 Å². The van der Waals surface area contributed by atoms with Crippen molar-refractivity contribution in [1.82, 2.24) is 10.6 Å². The van der Waals surface area contributed by atoms with Gasteiger partial charge in [-0.2, -0.15) is 0 Å². The van der Waals surface area contributed by atoms with Gasteiger partial charge in [0.1, 0.15) is 5.82 Å². The molecule has 0 aromatic heterocycles. The van der Waals surface area contributed by atoms with Crippen LogP contribution in [0.2, 0.25) is 5.02 Å². The van der Waals surface area contributed by atoms with E-state index in [9.17, 15) is 14.3 Å². The standard InChI is InChI=1S/C11H13ClFN3O2/c12-7-3-6(1-2-8(7)13)15-11(18)16-9-4-14-5-10(9)17/h1-3,9-10,14,17H,4-5H2,(H2,15,16,18)/t9-,10-/m1/s1. The highest BCUT2D eigenvalue weighted by molar-refractivity contribution is 6.31. The van der Waals surface area contributed by atoms with Crippen LogP contribution in [0.3, 0.4) is 0 Å². The van der Waals surface area contributed by atoms with Gasteiger partial charge in [-0.05, 0) is 18.2 Å². The van der Waals surface area contributed by atoms with Crippen molar-refractivity contribution in [3.8, 4) is 0 Å². The maximum absolute atomic E-state index is 12.9. The van der Waals surface area contributed by atoms with Gasteiger partial charge in [-0.15, -0.1) is 0 Å². The average Bonchev–Trinajstić information content (AvgIpc) is 2.70. The molecule has 0 aliphatic carbocycles. The molecule has 0 bridgehead atoms. The largest absolute Gasteiger partial charge is 0.390 e. The molecule has 2 atom stereocenters. The number of aliphatic hydroxyl groups is 1. The zero-order chi connectivity index (χ0) is 13.1. The minimum atomic E-state index is -0.604. The second kappa shape index (κ2) is 5.51. The number of nitrogens with one attached hydrogen (secondary N) is 3. The molecule has 0 saturated carbocycles. The molecule has 0 unspecified atom stereocenters. The van der Waals surface area contributed by atoms with E-state index in [2.05, 4.69) is 16.0 Å². The molecular formula is C11H13ClFN3O2. The molecule has 18 heavy (non-hydrogen) atoms. The molecule has 1 aliphatic rings. The highest BCUT2D eigenvalue weighted by atomic mass is 35.5. The number of benzene rings is 1. The Balaban J connectivity index is 1.92. The molecule has 1 aromatic rings. The fraction of sp³-hybridized carbons (Fsp3) is 0.364. The van der Waals surface area contributed by atoms with E-state index in [0.717, 1.165) is 0 Å². The molecule has 0 spiro atoms. The third-order valence-electron chi connectivity index (χ3n) is 2.68. The summed E-state index contributed by atoms with van der Waals surface area (Å²) in [6.45, 7) is 0.964. The molecule has 0 radical (unpaired) electrons. The van der Waals surface area contributed by atoms with E-state index < -0.39 is 18.0 Å². The normalized spacial score (nSPS) is 22.8. The lowest BCUT2D eigenvalue weighted by Crippen LogP contribution is -2.44. The number of hydrogen-bond donors (Lipinski definition) is 4. The summed E-state index contributed by atoms with van der Waals surface area (Å²) in [4.78, 5) is 11.6. The maximum Gasteiger partial charge on any atom is 0.319 e. The lowest BCUT2D eigenvalue weighted by molar-refractivity contribution is 0.164. The molecule has 1 fully saturated rings. The van der Waals surface area contributed by atoms with Crippen LogP contribution in [0.25, 0.3) is 0 Å². The predicted octanol–water partition coefficient (Wildman–Crippen LogP) is 0.933. The van der Waals surface area contributed by atoms with Crippen molar-refractivity contribution in [1.29, 1.82) is 0 Å². The second-order valence-corrected chi connectivity index (χ2v) is 4.47. The number of anilines is 1. The minimum absolute atomic E-state index is 0.0598. The summed E-state index contributed by atoms with van der Waals surface area (Å²) in [6, 6.07) is 3.10. The molecule has 7 heteroatoms. The number of hydrogen-bond acceptors (Lipinski definition) is 3. The zero-order valence-electron chi connectivity index (χ0n) is 9.41. The molecule has 2 rings (SSSR count). The minimum Gasteiger partial charge on any atom is -0.390 e. The summed E-state index contributed by atoms with van der Waals surface area (Å²) in [5.41, 5.74) is 0.388. The van der Waals surface area contributed by atoms with E-state index in [4.69, 9.17) is 11.6 Å². The van der Waals surface area contributed by atoms with Crippen LogP contribution in [-0.2, 0) is 0 Å². The van der Waals surface area contributed by atoms with Crippen molar-refractivity contribution >= 4 is 23.3 Å². The Morgan fingerprint density at radius 1 is 1.50 bits per heavy atom. The maximum atomic E-state index is 12.9. The third kappa shape index (κ3) is 3.10. The summed E-state index contributed by atoms with van der Waals surface area (Å²) >= 11 is 5.59. The second-order valence-electron chi connectivity index (χ2n) is 4.06. The molecule has 4 N–H and O–H groups in total. The van der Waals surface area contributed by atoms with Gasteiger partial charge < -0.3 is 21.1 Å². The quantitative estimate of drug-likeness (QED) is 0.648. The van der Waals surface area contributed by atoms with Gasteiger partial charge >= 0.3 is 6.03 Å². The molecule has 1 saturated heterocycles. The zero-order valence-corrected chi connectivity index (χ0v) is 10.2. The first-order valence-electron chi connectivity index (χ1n) is 5.47. The van der Waals surface area contributed by atoms with Gasteiger partial charge in [-0.3, -0.25) is 0 Å². The Morgan fingerprint density at radius 3 is 2.89 bits per heavy atom. The Hall–Kier alpha value is -1.37. The fourth-order valence-corrected chi connectivity index (χ4v) is 1.90. The van der Waals surface area contributed by atoms with Crippen molar-refractivity contribution in [2.45, 2.75) is 12.1 Å². The molecule has 1 aromatic carbocycles. The number of halogens is 2. The molecule has 1 aliphatic heterocycles. The summed E-state index contributed by atoms with van der Waals surface area (Å²) in [5.74, 6) is -0.543. The van der Waals surface area contributed by atoms with Crippen molar-refractivity contribution in [3.63, 3.8) is 0 Å². The van der Waals surface area contributed by atoms with Crippen molar-refractivity contribution in [3.05, 3.63) is 29.0 Å². The van der Waals surface area contributed by atoms with Crippen LogP contribution in [0.1, 0.15) is 0 Å². The van der Waals surface area contributed by atoms with Gasteiger partial charge in [-0.1, -0.05) is 11.6 Å². The summed E-state index contributed by atoms with van der Waals surface area (Å²) in [7, 11) is 0. The number of amides is 2. The molecule has 1 heterocycles. The lowest BCUT2D eigenvalue weighted by atomic mass is 10.2. The van der Waals surface area contributed by atoms with Crippen LogP contribution in [0.4, 0.5) is 14.9 Å². The van der Waals surface area contributed by atoms with Crippen molar-refractivity contribution in [2.75, 3.05) is 18.4 Å². The lowest BCUT2D eigenvalue weighted by Gasteiger charge is -2.16. The van der Waals surface area contributed by atoms with Gasteiger partial charge in [0.15, 0.2) is 0 Å².